The van der Waals surface area contributed by atoms with Crippen molar-refractivity contribution in [3.05, 3.63) is 23.3 Å². The number of hydrogen-bond acceptors (Lipinski definition) is 3. The van der Waals surface area contributed by atoms with Crippen LogP contribution in [0.2, 0.25) is 0 Å². The van der Waals surface area contributed by atoms with E-state index >= 15 is 0 Å². The highest BCUT2D eigenvalue weighted by atomic mass is 19.4. The Balaban J connectivity index is 3.34. The highest BCUT2D eigenvalue weighted by Gasteiger charge is 2.35. The fraction of sp³-hybridized carbons (Fsp3) is 0.250. The van der Waals surface area contributed by atoms with Gasteiger partial charge in [-0.05, 0) is 0 Å². The molecule has 0 radical (unpaired) electrons. The van der Waals surface area contributed by atoms with Crippen LogP contribution in [0, 0.1) is 5.82 Å². The Morgan fingerprint density at radius 1 is 1.39 bits per heavy atom. The number of rotatable bonds is 3. The van der Waals surface area contributed by atoms with E-state index in [1.165, 1.54) is 0 Å². The first-order valence-corrected chi connectivity index (χ1v) is 4.09. The van der Waals surface area contributed by atoms with Crippen LogP contribution in [-0.4, -0.2) is 22.4 Å². The van der Waals surface area contributed by atoms with Crippen molar-refractivity contribution in [2.75, 3.05) is 0 Å². The summed E-state index contributed by atoms with van der Waals surface area (Å²) in [5, 5.41) is 8.38. The molecule has 0 bridgehead atoms. The van der Waals surface area contributed by atoms with Crippen molar-refractivity contribution < 1.29 is 41.0 Å². The summed E-state index contributed by atoms with van der Waals surface area (Å²) in [4.78, 5) is 13.0. The highest BCUT2D eigenvalue weighted by molar-refractivity contribution is 5.85. The molecule has 4 nitrogen and oxygen atoms in total. The Morgan fingerprint density at radius 2 is 1.94 bits per heavy atom. The van der Waals surface area contributed by atoms with Crippen molar-refractivity contribution in [3.8, 4) is 5.75 Å². The molecule has 100 valence electrons. The lowest BCUT2D eigenvalue weighted by Gasteiger charge is -2.12. The lowest BCUT2D eigenvalue weighted by Crippen LogP contribution is -2.20. The molecule has 0 aromatic carbocycles. The lowest BCUT2D eigenvalue weighted by molar-refractivity contribution is -0.275. The molecule has 1 N–H and O–H groups in total. The zero-order valence-corrected chi connectivity index (χ0v) is 8.13. The molecule has 1 heterocycles. The number of alkyl halides is 5. The summed E-state index contributed by atoms with van der Waals surface area (Å²) in [5.74, 6) is -5.29. The molecule has 0 saturated carbocycles. The third-order valence-corrected chi connectivity index (χ3v) is 1.60. The number of aromatic carboxylic acids is 1. The Labute approximate surface area is 94.8 Å². The molecule has 10 heteroatoms. The van der Waals surface area contributed by atoms with E-state index in [0.29, 0.717) is 0 Å². The van der Waals surface area contributed by atoms with Gasteiger partial charge >= 0.3 is 12.3 Å². The number of carboxylic acid groups (broad SMARTS) is 1. The van der Waals surface area contributed by atoms with Crippen LogP contribution in [0.5, 0.6) is 5.75 Å². The number of carboxylic acids is 1. The summed E-state index contributed by atoms with van der Waals surface area (Å²) < 4.78 is 76.3. The normalized spacial score (nSPS) is 11.7. The average Bonchev–Trinajstić information content (AvgIpc) is 2.13. The smallest absolute Gasteiger partial charge is 0.476 e. The summed E-state index contributed by atoms with van der Waals surface area (Å²) in [5.41, 5.74) is -3.02. The highest BCUT2D eigenvalue weighted by Crippen LogP contribution is 2.32. The quantitative estimate of drug-likeness (QED) is 0.862. The zero-order chi connectivity index (χ0) is 14.1. The number of ether oxygens (including phenoxy) is 1. The van der Waals surface area contributed by atoms with Crippen LogP contribution in [0.25, 0.3) is 0 Å². The molecule has 0 aliphatic heterocycles. The minimum absolute atomic E-state index is 0.106. The first-order valence-electron chi connectivity index (χ1n) is 4.09. The van der Waals surface area contributed by atoms with Crippen LogP contribution in [0.15, 0.2) is 6.07 Å². The van der Waals surface area contributed by atoms with Crippen LogP contribution < -0.4 is 4.74 Å². The van der Waals surface area contributed by atoms with Crippen LogP contribution in [0.4, 0.5) is 26.3 Å². The number of aromatic nitrogens is 1. The molecule has 0 saturated heterocycles. The number of carbonyl (C=O) groups is 1. The summed E-state index contributed by atoms with van der Waals surface area (Å²) in [7, 11) is 0. The van der Waals surface area contributed by atoms with Gasteiger partial charge in [-0.1, -0.05) is 0 Å². The molecular weight excluding hydrogens is 272 g/mol. The van der Waals surface area contributed by atoms with Crippen LogP contribution in [0.1, 0.15) is 22.6 Å². The van der Waals surface area contributed by atoms with Gasteiger partial charge in [-0.2, -0.15) is 0 Å². The first-order chi connectivity index (χ1) is 8.11. The zero-order valence-electron chi connectivity index (χ0n) is 8.13. The summed E-state index contributed by atoms with van der Waals surface area (Å²) in [6.07, 6.45) is -8.89. The minimum Gasteiger partial charge on any atom is -0.476 e. The van der Waals surface area contributed by atoms with Crippen molar-refractivity contribution >= 4 is 5.97 Å². The van der Waals surface area contributed by atoms with Crippen molar-refractivity contribution in [2.24, 2.45) is 0 Å². The van der Waals surface area contributed by atoms with Gasteiger partial charge in [0.1, 0.15) is 5.69 Å². The van der Waals surface area contributed by atoms with E-state index in [2.05, 4.69) is 9.72 Å². The van der Waals surface area contributed by atoms with Crippen molar-refractivity contribution in [2.45, 2.75) is 12.8 Å². The molecule has 1 rings (SSSR count). The molecule has 1 aromatic heterocycles. The second-order valence-corrected chi connectivity index (χ2v) is 2.86. The fourth-order valence-corrected chi connectivity index (χ4v) is 0.999. The Morgan fingerprint density at radius 3 is 2.33 bits per heavy atom. The second-order valence-electron chi connectivity index (χ2n) is 2.86. The largest absolute Gasteiger partial charge is 0.573 e. The third kappa shape index (κ3) is 3.25. The molecular formula is C8H3F6NO3. The number of pyridine rings is 1. The van der Waals surface area contributed by atoms with Crippen molar-refractivity contribution in [1.82, 2.24) is 4.98 Å². The Kier molecular flexibility index (Phi) is 3.67. The predicted molar refractivity (Wildman–Crippen MR) is 42.8 cm³/mol. The molecule has 0 aliphatic carbocycles. The van der Waals surface area contributed by atoms with Crippen LogP contribution in [-0.2, 0) is 0 Å². The van der Waals surface area contributed by atoms with E-state index in [9.17, 15) is 31.1 Å². The van der Waals surface area contributed by atoms with Gasteiger partial charge in [0.2, 0.25) is 0 Å². The summed E-state index contributed by atoms with van der Waals surface area (Å²) >= 11 is 0. The molecule has 0 amide bonds. The van der Waals surface area contributed by atoms with Gasteiger partial charge in [0.15, 0.2) is 17.3 Å². The maximum absolute atomic E-state index is 13.0. The van der Waals surface area contributed by atoms with Gasteiger partial charge in [-0.15, -0.1) is 13.2 Å². The number of halogens is 6. The number of hydrogen-bond donors (Lipinski definition) is 1. The van der Waals surface area contributed by atoms with Gasteiger partial charge in [0.05, 0.1) is 0 Å². The molecule has 1 aromatic rings. The minimum atomic E-state index is -5.33. The van der Waals surface area contributed by atoms with Gasteiger partial charge in [-0.3, -0.25) is 0 Å². The molecule has 0 fully saturated rings. The maximum Gasteiger partial charge on any atom is 0.573 e. The van der Waals surface area contributed by atoms with E-state index in [-0.39, 0.29) is 6.07 Å². The molecule has 0 aliphatic rings. The fourth-order valence-electron chi connectivity index (χ4n) is 0.999. The Hall–Kier alpha value is -2.00. The van der Waals surface area contributed by atoms with Crippen molar-refractivity contribution in [1.29, 1.82) is 0 Å². The van der Waals surface area contributed by atoms with E-state index in [1.807, 2.05) is 0 Å². The maximum atomic E-state index is 13.0. The van der Waals surface area contributed by atoms with Crippen LogP contribution in [0.3, 0.4) is 0 Å². The average molecular weight is 275 g/mol. The molecule has 18 heavy (non-hydrogen) atoms. The standard InChI is InChI=1S/C8H3F6NO3/c9-2-1-3(18-8(12,13)14)5(6(10)11)15-4(2)7(16)17/h1,6H,(H,16,17). The van der Waals surface area contributed by atoms with Crippen LogP contribution >= 0.6 is 0 Å². The second kappa shape index (κ2) is 4.70. The molecule has 0 spiro atoms. The van der Waals surface area contributed by atoms with Gasteiger partial charge < -0.3 is 9.84 Å². The summed E-state index contributed by atoms with van der Waals surface area (Å²) in [6, 6.07) is -0.106. The Bertz CT molecular complexity index is 473. The van der Waals surface area contributed by atoms with Crippen molar-refractivity contribution in [3.63, 3.8) is 0 Å². The lowest BCUT2D eigenvalue weighted by atomic mass is 10.2. The predicted octanol–water partition coefficient (Wildman–Crippen LogP) is 2.76. The van der Waals surface area contributed by atoms with Gasteiger partial charge in [0.25, 0.3) is 6.43 Å². The number of nitrogens with zero attached hydrogens (tertiary/aromatic N) is 1. The van der Waals surface area contributed by atoms with E-state index in [4.69, 9.17) is 5.11 Å². The monoisotopic (exact) mass is 275 g/mol. The SMILES string of the molecule is O=C(O)c1nc(C(F)F)c(OC(F)(F)F)cc1F. The molecule has 0 atom stereocenters. The van der Waals surface area contributed by atoms with Gasteiger partial charge in [-0.25, -0.2) is 22.9 Å². The topological polar surface area (TPSA) is 59.4 Å². The summed E-state index contributed by atoms with van der Waals surface area (Å²) in [6.45, 7) is 0. The van der Waals surface area contributed by atoms with E-state index in [1.54, 1.807) is 0 Å². The van der Waals surface area contributed by atoms with Gasteiger partial charge in [0, 0.05) is 6.07 Å². The van der Waals surface area contributed by atoms with E-state index in [0.717, 1.165) is 0 Å². The van der Waals surface area contributed by atoms with E-state index < -0.39 is 41.7 Å². The third-order valence-electron chi connectivity index (χ3n) is 1.60. The molecule has 0 unspecified atom stereocenters. The first kappa shape index (κ1) is 14.1.